The van der Waals surface area contributed by atoms with Crippen LogP contribution in [0.2, 0.25) is 0 Å². The number of thioether (sulfide) groups is 1. The molecule has 0 unspecified atom stereocenters. The van der Waals surface area contributed by atoms with Crippen molar-refractivity contribution in [3.05, 3.63) is 47.5 Å². The van der Waals surface area contributed by atoms with Crippen molar-refractivity contribution in [2.45, 2.75) is 36.6 Å². The van der Waals surface area contributed by atoms with Crippen LogP contribution < -0.4 is 0 Å². The van der Waals surface area contributed by atoms with Gasteiger partial charge >= 0.3 is 0 Å². The molecule has 5 rings (SSSR count). The lowest BCUT2D eigenvalue weighted by molar-refractivity contribution is 0.770. The van der Waals surface area contributed by atoms with Crippen LogP contribution in [0.1, 0.15) is 35.8 Å². The number of nitrogens with zero attached hydrogens (tertiary/aromatic N) is 7. The molecule has 1 aliphatic carbocycles. The van der Waals surface area contributed by atoms with E-state index in [9.17, 15) is 0 Å². The monoisotopic (exact) mass is 391 g/mol. The van der Waals surface area contributed by atoms with Crippen LogP contribution in [0.5, 0.6) is 0 Å². The summed E-state index contributed by atoms with van der Waals surface area (Å²) in [6, 6.07) is 8.14. The van der Waals surface area contributed by atoms with Crippen LogP contribution in [0.3, 0.4) is 0 Å². The Bertz CT molecular complexity index is 1160. The summed E-state index contributed by atoms with van der Waals surface area (Å²) in [7, 11) is 3.97. The zero-order chi connectivity index (χ0) is 19.3. The van der Waals surface area contributed by atoms with Crippen LogP contribution in [-0.4, -0.2) is 34.5 Å². The molecule has 28 heavy (non-hydrogen) atoms. The average Bonchev–Trinajstić information content (AvgIpc) is 3.43. The van der Waals surface area contributed by atoms with Gasteiger partial charge < -0.3 is 4.57 Å². The summed E-state index contributed by atoms with van der Waals surface area (Å²) in [5, 5.41) is 15.5. The Labute approximate surface area is 167 Å². The molecular formula is C20H21N7S. The second-order valence-electron chi connectivity index (χ2n) is 7.25. The Morgan fingerprint density at radius 1 is 1.18 bits per heavy atom. The van der Waals surface area contributed by atoms with E-state index in [-0.39, 0.29) is 0 Å². The van der Waals surface area contributed by atoms with Gasteiger partial charge in [-0.25, -0.2) is 4.98 Å². The van der Waals surface area contributed by atoms with E-state index in [4.69, 9.17) is 4.98 Å². The highest BCUT2D eigenvalue weighted by molar-refractivity contribution is 7.98. The van der Waals surface area contributed by atoms with Crippen molar-refractivity contribution in [3.63, 3.8) is 0 Å². The van der Waals surface area contributed by atoms with E-state index < -0.39 is 0 Å². The largest absolute Gasteiger partial charge is 0.305 e. The number of rotatable bonds is 5. The van der Waals surface area contributed by atoms with Crippen molar-refractivity contribution < 1.29 is 0 Å². The third-order valence-corrected chi connectivity index (χ3v) is 6.19. The summed E-state index contributed by atoms with van der Waals surface area (Å²) in [6.45, 7) is 2.03. The van der Waals surface area contributed by atoms with Gasteiger partial charge in [0.25, 0.3) is 0 Å². The zero-order valence-corrected chi connectivity index (χ0v) is 16.9. The van der Waals surface area contributed by atoms with Gasteiger partial charge in [-0.1, -0.05) is 17.8 Å². The summed E-state index contributed by atoms with van der Waals surface area (Å²) >= 11 is 1.64. The van der Waals surface area contributed by atoms with Gasteiger partial charge in [0.1, 0.15) is 0 Å². The predicted octanol–water partition coefficient (Wildman–Crippen LogP) is 3.64. The van der Waals surface area contributed by atoms with Crippen LogP contribution in [0.4, 0.5) is 0 Å². The lowest BCUT2D eigenvalue weighted by Gasteiger charge is -2.08. The lowest BCUT2D eigenvalue weighted by Crippen LogP contribution is -1.99. The van der Waals surface area contributed by atoms with Gasteiger partial charge in [0.05, 0.1) is 16.8 Å². The van der Waals surface area contributed by atoms with E-state index in [1.54, 1.807) is 11.8 Å². The fourth-order valence-corrected chi connectivity index (χ4v) is 4.35. The summed E-state index contributed by atoms with van der Waals surface area (Å²) in [5.41, 5.74) is 5.12. The molecule has 4 heterocycles. The predicted molar refractivity (Wildman–Crippen MR) is 109 cm³/mol. The molecule has 0 aromatic carbocycles. The molecule has 7 nitrogen and oxygen atoms in total. The molecular weight excluding hydrogens is 370 g/mol. The minimum Gasteiger partial charge on any atom is -0.305 e. The number of hydrogen-bond acceptors (Lipinski definition) is 6. The maximum atomic E-state index is 4.89. The van der Waals surface area contributed by atoms with E-state index in [1.165, 1.54) is 12.8 Å². The fourth-order valence-electron chi connectivity index (χ4n) is 3.53. The molecule has 0 bridgehead atoms. The molecule has 1 aliphatic rings. The Balaban J connectivity index is 1.56. The van der Waals surface area contributed by atoms with Crippen molar-refractivity contribution in [2.24, 2.45) is 14.1 Å². The van der Waals surface area contributed by atoms with Gasteiger partial charge in [0, 0.05) is 43.2 Å². The number of aromatic nitrogens is 7. The molecule has 0 N–H and O–H groups in total. The molecule has 0 radical (unpaired) electrons. The fraction of sp³-hybridized carbons (Fsp3) is 0.350. The third kappa shape index (κ3) is 2.97. The first-order valence-electron chi connectivity index (χ1n) is 9.38. The molecule has 0 atom stereocenters. The minimum atomic E-state index is 0.560. The van der Waals surface area contributed by atoms with Crippen LogP contribution in [0, 0.1) is 6.92 Å². The Morgan fingerprint density at radius 3 is 2.79 bits per heavy atom. The summed E-state index contributed by atoms with van der Waals surface area (Å²) < 4.78 is 3.93. The van der Waals surface area contributed by atoms with Crippen molar-refractivity contribution in [1.82, 2.24) is 34.5 Å². The van der Waals surface area contributed by atoms with Crippen LogP contribution in [0.25, 0.3) is 22.4 Å². The SMILES string of the molecule is Cc1nn(C)c2nc(C3CC3)cc(-c3nnc(SCc4ccccn4)n3C)c12. The molecule has 0 saturated heterocycles. The second kappa shape index (κ2) is 6.70. The van der Waals surface area contributed by atoms with Crippen LogP contribution in [-0.2, 0) is 19.8 Å². The normalized spacial score (nSPS) is 14.1. The van der Waals surface area contributed by atoms with Gasteiger partial charge in [0.2, 0.25) is 0 Å². The number of fused-ring (bicyclic) bond motifs is 1. The molecule has 0 amide bonds. The number of pyridine rings is 2. The highest BCUT2D eigenvalue weighted by Gasteiger charge is 2.28. The van der Waals surface area contributed by atoms with E-state index in [1.807, 2.05) is 50.1 Å². The number of hydrogen-bond donors (Lipinski definition) is 0. The van der Waals surface area contributed by atoms with Gasteiger partial charge in [-0.2, -0.15) is 5.10 Å². The van der Waals surface area contributed by atoms with Crippen molar-refractivity contribution in [2.75, 3.05) is 0 Å². The van der Waals surface area contributed by atoms with Gasteiger partial charge in [-0.3, -0.25) is 9.67 Å². The number of aryl methyl sites for hydroxylation is 2. The van der Waals surface area contributed by atoms with Crippen LogP contribution in [0.15, 0.2) is 35.6 Å². The van der Waals surface area contributed by atoms with E-state index in [0.29, 0.717) is 5.92 Å². The van der Waals surface area contributed by atoms with Crippen molar-refractivity contribution in [3.8, 4) is 11.4 Å². The molecule has 1 saturated carbocycles. The molecule has 142 valence electrons. The first-order valence-corrected chi connectivity index (χ1v) is 10.4. The summed E-state index contributed by atoms with van der Waals surface area (Å²) in [4.78, 5) is 9.27. The molecule has 0 spiro atoms. The van der Waals surface area contributed by atoms with Gasteiger partial charge in [-0.15, -0.1) is 10.2 Å². The first kappa shape index (κ1) is 17.4. The smallest absolute Gasteiger partial charge is 0.191 e. The summed E-state index contributed by atoms with van der Waals surface area (Å²) in [6.07, 6.45) is 4.23. The Morgan fingerprint density at radius 2 is 2.04 bits per heavy atom. The minimum absolute atomic E-state index is 0.560. The Hall–Kier alpha value is -2.74. The average molecular weight is 392 g/mol. The zero-order valence-electron chi connectivity index (χ0n) is 16.1. The summed E-state index contributed by atoms with van der Waals surface area (Å²) in [5.74, 6) is 2.18. The van der Waals surface area contributed by atoms with Crippen molar-refractivity contribution >= 4 is 22.8 Å². The second-order valence-corrected chi connectivity index (χ2v) is 8.19. The van der Waals surface area contributed by atoms with E-state index >= 15 is 0 Å². The molecule has 8 heteroatoms. The van der Waals surface area contributed by atoms with Crippen molar-refractivity contribution in [1.29, 1.82) is 0 Å². The maximum absolute atomic E-state index is 4.89. The standard InChI is InChI=1S/C20H21N7S/c1-12-17-15(10-16(13-7-8-13)22-19(17)27(3)25-12)18-23-24-20(26(18)2)28-11-14-6-4-5-9-21-14/h4-6,9-10,13H,7-8,11H2,1-3H3. The lowest BCUT2D eigenvalue weighted by atomic mass is 10.1. The van der Waals surface area contributed by atoms with E-state index in [0.717, 1.165) is 50.4 Å². The topological polar surface area (TPSA) is 74.3 Å². The first-order chi connectivity index (χ1) is 13.6. The molecule has 1 fully saturated rings. The Kier molecular flexibility index (Phi) is 4.16. The molecule has 4 aromatic heterocycles. The molecule has 4 aromatic rings. The third-order valence-electron chi connectivity index (χ3n) is 5.14. The van der Waals surface area contributed by atoms with Gasteiger partial charge in [0.15, 0.2) is 16.6 Å². The molecule has 0 aliphatic heterocycles. The maximum Gasteiger partial charge on any atom is 0.191 e. The van der Waals surface area contributed by atoms with Crippen LogP contribution >= 0.6 is 11.8 Å². The quantitative estimate of drug-likeness (QED) is 0.484. The highest BCUT2D eigenvalue weighted by Crippen LogP contribution is 2.42. The highest BCUT2D eigenvalue weighted by atomic mass is 32.2. The van der Waals surface area contributed by atoms with Gasteiger partial charge in [-0.05, 0) is 38.0 Å². The van der Waals surface area contributed by atoms with E-state index in [2.05, 4.69) is 30.9 Å².